The van der Waals surface area contributed by atoms with Gasteiger partial charge in [-0.15, -0.1) is 0 Å². The van der Waals surface area contributed by atoms with E-state index in [2.05, 4.69) is 58.9 Å². The minimum Gasteiger partial charge on any atom is -0.326 e. The van der Waals surface area contributed by atoms with Gasteiger partial charge in [-0.1, -0.05) is 60.7 Å². The van der Waals surface area contributed by atoms with Crippen LogP contribution in [0.5, 0.6) is 0 Å². The molecule has 3 aromatic heterocycles. The van der Waals surface area contributed by atoms with Crippen molar-refractivity contribution < 1.29 is 4.79 Å². The molecule has 0 saturated carbocycles. The molecular weight excluding hydrogens is 534 g/mol. The van der Waals surface area contributed by atoms with Gasteiger partial charge in [-0.05, 0) is 74.1 Å². The van der Waals surface area contributed by atoms with Gasteiger partial charge in [0.25, 0.3) is 0 Å². The van der Waals surface area contributed by atoms with Gasteiger partial charge in [-0.25, -0.2) is 15.0 Å². The van der Waals surface area contributed by atoms with Crippen molar-refractivity contribution >= 4 is 28.9 Å². The summed E-state index contributed by atoms with van der Waals surface area (Å²) >= 11 is 0. The maximum absolute atomic E-state index is 12.8. The lowest BCUT2D eigenvalue weighted by molar-refractivity contribution is -0.115. The number of carbonyl (C=O) groups is 1. The maximum atomic E-state index is 12.8. The predicted octanol–water partition coefficient (Wildman–Crippen LogP) is 6.49. The van der Waals surface area contributed by atoms with Crippen LogP contribution in [0.25, 0.3) is 28.3 Å². The van der Waals surface area contributed by atoms with Crippen LogP contribution in [0.4, 0.5) is 17.3 Å². The van der Waals surface area contributed by atoms with Gasteiger partial charge in [0.1, 0.15) is 5.65 Å². The molecule has 0 aliphatic rings. The Hall–Kier alpha value is -5.34. The van der Waals surface area contributed by atoms with Crippen molar-refractivity contribution in [2.45, 2.75) is 12.8 Å². The fourth-order valence-electron chi connectivity index (χ4n) is 4.96. The summed E-state index contributed by atoms with van der Waals surface area (Å²) in [6.07, 6.45) is 5.03. The number of amides is 1. The van der Waals surface area contributed by atoms with Crippen LogP contribution >= 0.6 is 0 Å². The van der Waals surface area contributed by atoms with Crippen LogP contribution in [0.3, 0.4) is 0 Å². The number of pyridine rings is 1. The van der Waals surface area contributed by atoms with Gasteiger partial charge in [0.2, 0.25) is 11.9 Å². The Bertz CT molecular complexity index is 1850. The Morgan fingerprint density at radius 1 is 0.814 bits per heavy atom. The van der Waals surface area contributed by atoms with E-state index in [1.165, 1.54) is 5.56 Å². The van der Waals surface area contributed by atoms with E-state index in [0.29, 0.717) is 18.1 Å². The Kier molecular flexibility index (Phi) is 8.19. The van der Waals surface area contributed by atoms with Crippen molar-refractivity contribution in [3.05, 3.63) is 127 Å². The predicted molar refractivity (Wildman–Crippen MR) is 172 cm³/mol. The number of carbonyl (C=O) groups excluding carboxylic acids is 1. The standard InChI is InChI=1S/C35H33N7O/c1-41(2)22-19-25-14-16-28(17-15-25)38-35-36-20-18-30(39-35)34-33(40-31-13-6-7-21-42(31)34)27-11-8-12-29(24-27)37-32(43)23-26-9-4-3-5-10-26/h3-18,20-21,24H,19,22-23H2,1-2H3,(H,37,43)(H,36,38,39). The number of rotatable bonds is 10. The molecule has 0 saturated heterocycles. The molecule has 0 radical (unpaired) electrons. The van der Waals surface area contributed by atoms with E-state index in [1.807, 2.05) is 89.5 Å². The highest BCUT2D eigenvalue weighted by Crippen LogP contribution is 2.33. The number of hydrogen-bond donors (Lipinski definition) is 2. The average Bonchev–Trinajstić information content (AvgIpc) is 3.41. The van der Waals surface area contributed by atoms with Crippen LogP contribution in [0.15, 0.2) is 116 Å². The Morgan fingerprint density at radius 3 is 2.44 bits per heavy atom. The molecule has 0 aliphatic carbocycles. The molecule has 3 aromatic carbocycles. The Labute approximate surface area is 251 Å². The van der Waals surface area contributed by atoms with Crippen molar-refractivity contribution in [2.24, 2.45) is 0 Å². The molecule has 43 heavy (non-hydrogen) atoms. The van der Waals surface area contributed by atoms with Crippen LogP contribution in [0.2, 0.25) is 0 Å². The quantitative estimate of drug-likeness (QED) is 0.197. The van der Waals surface area contributed by atoms with Crippen molar-refractivity contribution in [1.82, 2.24) is 24.3 Å². The third-order valence-corrected chi connectivity index (χ3v) is 7.11. The highest BCUT2D eigenvalue weighted by molar-refractivity contribution is 5.93. The summed E-state index contributed by atoms with van der Waals surface area (Å²) in [6, 6.07) is 33.6. The van der Waals surface area contributed by atoms with Crippen LogP contribution in [-0.2, 0) is 17.6 Å². The number of benzene rings is 3. The number of anilines is 3. The summed E-state index contributed by atoms with van der Waals surface area (Å²) in [5.74, 6) is 0.424. The summed E-state index contributed by atoms with van der Waals surface area (Å²) in [5.41, 5.74) is 7.88. The Balaban J connectivity index is 1.28. The molecule has 0 aliphatic heterocycles. The first-order valence-electron chi connectivity index (χ1n) is 14.3. The summed E-state index contributed by atoms with van der Waals surface area (Å²) in [6.45, 7) is 1.00. The normalized spacial score (nSPS) is 11.1. The molecule has 8 nitrogen and oxygen atoms in total. The van der Waals surface area contributed by atoms with Gasteiger partial charge in [0.05, 0.1) is 23.5 Å². The number of hydrogen-bond acceptors (Lipinski definition) is 6. The highest BCUT2D eigenvalue weighted by Gasteiger charge is 2.18. The first-order chi connectivity index (χ1) is 21.0. The van der Waals surface area contributed by atoms with Crippen LogP contribution in [-0.4, -0.2) is 50.8 Å². The largest absolute Gasteiger partial charge is 0.326 e. The number of likely N-dealkylation sites (N-methyl/N-ethyl adjacent to an activating group) is 1. The number of nitrogens with one attached hydrogen (secondary N) is 2. The van der Waals surface area contributed by atoms with Crippen LogP contribution < -0.4 is 10.6 Å². The van der Waals surface area contributed by atoms with Crippen LogP contribution in [0, 0.1) is 0 Å². The Morgan fingerprint density at radius 2 is 1.63 bits per heavy atom. The van der Waals surface area contributed by atoms with Crippen molar-refractivity contribution in [1.29, 1.82) is 0 Å². The maximum Gasteiger partial charge on any atom is 0.228 e. The minimum absolute atomic E-state index is 0.0733. The molecule has 0 spiro atoms. The minimum atomic E-state index is -0.0733. The molecular formula is C35H33N7O. The molecule has 0 fully saturated rings. The molecule has 0 unspecified atom stereocenters. The van der Waals surface area contributed by atoms with Gasteiger partial charge in [0.15, 0.2) is 0 Å². The molecule has 3 heterocycles. The zero-order valence-electron chi connectivity index (χ0n) is 24.2. The second-order valence-corrected chi connectivity index (χ2v) is 10.7. The zero-order valence-corrected chi connectivity index (χ0v) is 24.2. The van der Waals surface area contributed by atoms with Gasteiger partial charge in [-0.3, -0.25) is 9.20 Å². The average molecular weight is 568 g/mol. The highest BCUT2D eigenvalue weighted by atomic mass is 16.1. The molecule has 214 valence electrons. The number of nitrogens with zero attached hydrogens (tertiary/aromatic N) is 5. The third-order valence-electron chi connectivity index (χ3n) is 7.11. The summed E-state index contributed by atoms with van der Waals surface area (Å²) in [5, 5.41) is 6.38. The summed E-state index contributed by atoms with van der Waals surface area (Å²) in [4.78, 5) is 29.3. The van der Waals surface area contributed by atoms with E-state index in [0.717, 1.165) is 52.5 Å². The number of aromatic nitrogens is 4. The number of fused-ring (bicyclic) bond motifs is 1. The van der Waals surface area contributed by atoms with Gasteiger partial charge < -0.3 is 15.5 Å². The van der Waals surface area contributed by atoms with Crippen molar-refractivity contribution in [2.75, 3.05) is 31.3 Å². The zero-order chi connectivity index (χ0) is 29.6. The van der Waals surface area contributed by atoms with E-state index >= 15 is 0 Å². The topological polar surface area (TPSA) is 87.5 Å². The van der Waals surface area contributed by atoms with E-state index in [9.17, 15) is 4.79 Å². The molecule has 2 N–H and O–H groups in total. The second kappa shape index (κ2) is 12.7. The number of imidazole rings is 1. The van der Waals surface area contributed by atoms with Gasteiger partial charge >= 0.3 is 0 Å². The van der Waals surface area contributed by atoms with E-state index in [-0.39, 0.29) is 5.91 Å². The molecule has 0 atom stereocenters. The van der Waals surface area contributed by atoms with Crippen molar-refractivity contribution in [3.8, 4) is 22.6 Å². The molecule has 8 heteroatoms. The van der Waals surface area contributed by atoms with Gasteiger partial charge in [0, 0.05) is 35.9 Å². The van der Waals surface area contributed by atoms with Gasteiger partial charge in [-0.2, -0.15) is 0 Å². The SMILES string of the molecule is CN(C)CCc1ccc(Nc2nccc(-c3c(-c4cccc(NC(=O)Cc5ccccc5)c4)nc4ccccn34)n2)cc1. The lowest BCUT2D eigenvalue weighted by atomic mass is 10.1. The monoisotopic (exact) mass is 567 g/mol. The summed E-state index contributed by atoms with van der Waals surface area (Å²) in [7, 11) is 4.16. The molecule has 6 rings (SSSR count). The fourth-order valence-corrected chi connectivity index (χ4v) is 4.96. The smallest absolute Gasteiger partial charge is 0.228 e. The lowest BCUT2D eigenvalue weighted by Crippen LogP contribution is -2.14. The molecule has 0 bridgehead atoms. The fraction of sp³-hybridized carbons (Fsp3) is 0.143. The summed E-state index contributed by atoms with van der Waals surface area (Å²) < 4.78 is 2.03. The first kappa shape index (κ1) is 27.8. The first-order valence-corrected chi connectivity index (χ1v) is 14.3. The van der Waals surface area contributed by atoms with Crippen LogP contribution in [0.1, 0.15) is 11.1 Å². The lowest BCUT2D eigenvalue weighted by Gasteiger charge is -2.11. The van der Waals surface area contributed by atoms with Crippen molar-refractivity contribution in [3.63, 3.8) is 0 Å². The van der Waals surface area contributed by atoms with E-state index in [4.69, 9.17) is 9.97 Å². The van der Waals surface area contributed by atoms with E-state index in [1.54, 1.807) is 6.20 Å². The van der Waals surface area contributed by atoms with E-state index < -0.39 is 0 Å². The molecule has 6 aromatic rings. The third kappa shape index (κ3) is 6.77. The molecule has 1 amide bonds. The second-order valence-electron chi connectivity index (χ2n) is 10.7.